The fraction of sp³-hybridized carbons (Fsp3) is 0.292. The van der Waals surface area contributed by atoms with Crippen LogP contribution in [0.5, 0.6) is 5.75 Å². The molecule has 1 unspecified atom stereocenters. The Bertz CT molecular complexity index is 1010. The Morgan fingerprint density at radius 1 is 1.09 bits per heavy atom. The molecule has 0 fully saturated rings. The number of nitrogens with zero attached hydrogens (tertiary/aromatic N) is 2. The maximum absolute atomic E-state index is 11.3. The van der Waals surface area contributed by atoms with Gasteiger partial charge < -0.3 is 23.8 Å². The van der Waals surface area contributed by atoms with Crippen molar-refractivity contribution in [2.24, 2.45) is 5.16 Å². The molecule has 1 N–H and O–H groups in total. The predicted molar refractivity (Wildman–Crippen MR) is 119 cm³/mol. The van der Waals surface area contributed by atoms with Crippen LogP contribution in [0.1, 0.15) is 25.3 Å². The first kappa shape index (κ1) is 23.0. The molecule has 0 bridgehead atoms. The molecule has 3 aromatic rings. The van der Waals surface area contributed by atoms with E-state index in [1.165, 1.54) is 0 Å². The normalized spacial score (nSPS) is 12.4. The van der Waals surface area contributed by atoms with Crippen molar-refractivity contribution in [3.05, 3.63) is 72.3 Å². The highest BCUT2D eigenvalue weighted by molar-refractivity contribution is 5.97. The van der Waals surface area contributed by atoms with E-state index in [0.29, 0.717) is 36.3 Å². The number of aliphatic carboxylic acids is 1. The number of oxazole rings is 1. The molecule has 0 aliphatic carbocycles. The van der Waals surface area contributed by atoms with E-state index >= 15 is 0 Å². The molecule has 1 aromatic heterocycles. The number of rotatable bonds is 12. The van der Waals surface area contributed by atoms with Gasteiger partial charge in [-0.3, -0.25) is 0 Å². The number of aromatic nitrogens is 1. The summed E-state index contributed by atoms with van der Waals surface area (Å²) in [4.78, 5) is 21.0. The molecule has 168 valence electrons. The Labute approximate surface area is 186 Å². The van der Waals surface area contributed by atoms with Crippen molar-refractivity contribution in [3.8, 4) is 17.0 Å². The highest BCUT2D eigenvalue weighted by atomic mass is 16.6. The van der Waals surface area contributed by atoms with Crippen LogP contribution in [0.4, 0.5) is 0 Å². The monoisotopic (exact) mass is 438 g/mol. The Morgan fingerprint density at radius 3 is 2.50 bits per heavy atom. The van der Waals surface area contributed by atoms with Crippen LogP contribution >= 0.6 is 0 Å². The van der Waals surface area contributed by atoms with E-state index in [-0.39, 0.29) is 13.0 Å². The molecule has 1 heterocycles. The third-order valence-corrected chi connectivity index (χ3v) is 4.49. The van der Waals surface area contributed by atoms with Gasteiger partial charge in [0.05, 0.1) is 0 Å². The van der Waals surface area contributed by atoms with E-state index in [9.17, 15) is 9.90 Å². The van der Waals surface area contributed by atoms with Crippen molar-refractivity contribution in [1.82, 2.24) is 4.98 Å². The fourth-order valence-electron chi connectivity index (χ4n) is 2.92. The summed E-state index contributed by atoms with van der Waals surface area (Å²) in [5, 5.41) is 13.3. The van der Waals surface area contributed by atoms with Crippen molar-refractivity contribution in [2.75, 3.05) is 19.8 Å². The maximum Gasteiger partial charge on any atom is 0.333 e. The van der Waals surface area contributed by atoms with Crippen molar-refractivity contribution in [3.63, 3.8) is 0 Å². The van der Waals surface area contributed by atoms with E-state index in [1.807, 2.05) is 49.4 Å². The molecule has 0 saturated heterocycles. The number of oxime groups is 1. The molecule has 0 aliphatic rings. The highest BCUT2D eigenvalue weighted by Crippen LogP contribution is 2.19. The maximum atomic E-state index is 11.3. The Balaban J connectivity index is 1.66. The van der Waals surface area contributed by atoms with Crippen LogP contribution in [0.15, 0.2) is 70.4 Å². The molecule has 3 rings (SSSR count). The lowest BCUT2D eigenvalue weighted by Gasteiger charge is -2.13. The molecule has 32 heavy (non-hydrogen) atoms. The average molecular weight is 438 g/mol. The van der Waals surface area contributed by atoms with Gasteiger partial charge in [-0.25, -0.2) is 9.78 Å². The largest absolute Gasteiger partial charge is 0.487 e. The zero-order chi connectivity index (χ0) is 22.8. The first-order valence-electron chi connectivity index (χ1n) is 10.4. The van der Waals surface area contributed by atoms with Gasteiger partial charge in [0, 0.05) is 18.6 Å². The van der Waals surface area contributed by atoms with Gasteiger partial charge in [-0.1, -0.05) is 47.6 Å². The van der Waals surface area contributed by atoms with Gasteiger partial charge in [0.25, 0.3) is 0 Å². The van der Waals surface area contributed by atoms with E-state index in [2.05, 4.69) is 10.1 Å². The summed E-state index contributed by atoms with van der Waals surface area (Å²) >= 11 is 0. The standard InChI is InChI=1S/C24H26N2O6/c1-3-29-22(24(27)28)14-17-10-12-19(13-11-17)30-16-21(26-32-4-2)23-25-20(15-31-23)18-8-6-5-7-9-18/h5-13,15,22H,3-4,14,16H2,1-2H3,(H,27,28)/b26-21-. The van der Waals surface area contributed by atoms with Crippen LogP contribution in [0.2, 0.25) is 0 Å². The number of carbonyl (C=O) groups is 1. The SMILES string of the molecule is CCO/N=C(/COc1ccc(CC(OCC)C(=O)O)cc1)c1nc(-c2ccccc2)co1. The van der Waals surface area contributed by atoms with Crippen molar-refractivity contribution < 1.29 is 28.6 Å². The summed E-state index contributed by atoms with van der Waals surface area (Å²) in [6, 6.07) is 16.8. The first-order chi connectivity index (χ1) is 15.6. The van der Waals surface area contributed by atoms with Gasteiger partial charge in [-0.2, -0.15) is 0 Å². The van der Waals surface area contributed by atoms with E-state index in [1.54, 1.807) is 25.3 Å². The number of hydrogen-bond acceptors (Lipinski definition) is 7. The highest BCUT2D eigenvalue weighted by Gasteiger charge is 2.18. The molecule has 0 radical (unpaired) electrons. The summed E-state index contributed by atoms with van der Waals surface area (Å²) in [6.45, 7) is 4.43. The minimum absolute atomic E-state index is 0.0881. The molecule has 0 amide bonds. The molecule has 0 spiro atoms. The van der Waals surface area contributed by atoms with Crippen LogP contribution in [-0.4, -0.2) is 47.7 Å². The van der Waals surface area contributed by atoms with E-state index < -0.39 is 12.1 Å². The summed E-state index contributed by atoms with van der Waals surface area (Å²) in [5.74, 6) is -0.0733. The van der Waals surface area contributed by atoms with Crippen LogP contribution in [0.25, 0.3) is 11.3 Å². The quantitative estimate of drug-likeness (QED) is 0.334. The molecule has 2 aromatic carbocycles. The van der Waals surface area contributed by atoms with Gasteiger partial charge in [0.1, 0.15) is 30.9 Å². The lowest BCUT2D eigenvalue weighted by Crippen LogP contribution is -2.26. The van der Waals surface area contributed by atoms with Crippen LogP contribution < -0.4 is 4.74 Å². The minimum Gasteiger partial charge on any atom is -0.487 e. The second-order valence-corrected chi connectivity index (χ2v) is 6.78. The zero-order valence-electron chi connectivity index (χ0n) is 18.1. The average Bonchev–Trinajstić information content (AvgIpc) is 3.30. The second-order valence-electron chi connectivity index (χ2n) is 6.78. The Kier molecular flexibility index (Phi) is 8.39. The summed E-state index contributed by atoms with van der Waals surface area (Å²) in [7, 11) is 0. The van der Waals surface area contributed by atoms with Gasteiger partial charge in [0.2, 0.25) is 5.89 Å². The summed E-state index contributed by atoms with van der Waals surface area (Å²) in [6.07, 6.45) is 0.970. The number of ether oxygens (including phenoxy) is 2. The molecule has 1 atom stereocenters. The third kappa shape index (κ3) is 6.42. The number of benzene rings is 2. The lowest BCUT2D eigenvalue weighted by atomic mass is 10.1. The Hall–Kier alpha value is -3.65. The fourth-order valence-corrected chi connectivity index (χ4v) is 2.92. The minimum atomic E-state index is -0.982. The summed E-state index contributed by atoms with van der Waals surface area (Å²) in [5.41, 5.74) is 2.87. The van der Waals surface area contributed by atoms with E-state index in [0.717, 1.165) is 11.1 Å². The summed E-state index contributed by atoms with van der Waals surface area (Å²) < 4.78 is 16.7. The number of hydrogen-bond donors (Lipinski definition) is 1. The van der Waals surface area contributed by atoms with Crippen molar-refractivity contribution >= 4 is 11.7 Å². The van der Waals surface area contributed by atoms with Crippen molar-refractivity contribution in [1.29, 1.82) is 0 Å². The Morgan fingerprint density at radius 2 is 1.84 bits per heavy atom. The van der Waals surface area contributed by atoms with Gasteiger partial charge in [-0.15, -0.1) is 0 Å². The second kappa shape index (κ2) is 11.7. The lowest BCUT2D eigenvalue weighted by molar-refractivity contribution is -0.149. The van der Waals surface area contributed by atoms with Crippen molar-refractivity contribution in [2.45, 2.75) is 26.4 Å². The first-order valence-corrected chi connectivity index (χ1v) is 10.4. The van der Waals surface area contributed by atoms with Crippen LogP contribution in [-0.2, 0) is 20.8 Å². The molecule has 8 nitrogen and oxygen atoms in total. The zero-order valence-corrected chi connectivity index (χ0v) is 18.1. The predicted octanol–water partition coefficient (Wildman–Crippen LogP) is 4.19. The molecule has 0 aliphatic heterocycles. The van der Waals surface area contributed by atoms with E-state index in [4.69, 9.17) is 18.7 Å². The van der Waals surface area contributed by atoms with Gasteiger partial charge in [0.15, 0.2) is 11.8 Å². The molecule has 8 heteroatoms. The molecule has 0 saturated carbocycles. The number of carboxylic acid groups (broad SMARTS) is 1. The number of carboxylic acids is 1. The van der Waals surface area contributed by atoms with Gasteiger partial charge in [-0.05, 0) is 31.5 Å². The third-order valence-electron chi connectivity index (χ3n) is 4.49. The topological polar surface area (TPSA) is 103 Å². The van der Waals surface area contributed by atoms with Crippen LogP contribution in [0, 0.1) is 0 Å². The van der Waals surface area contributed by atoms with Gasteiger partial charge >= 0.3 is 5.97 Å². The molecular weight excluding hydrogens is 412 g/mol. The van der Waals surface area contributed by atoms with Crippen LogP contribution in [0.3, 0.4) is 0 Å². The smallest absolute Gasteiger partial charge is 0.333 e. The molecular formula is C24H26N2O6.